The van der Waals surface area contributed by atoms with Crippen LogP contribution in [0.2, 0.25) is 0 Å². The van der Waals surface area contributed by atoms with Crippen molar-refractivity contribution >= 4 is 28.8 Å². The second-order valence-electron chi connectivity index (χ2n) is 7.98. The topological polar surface area (TPSA) is 74.2 Å². The Morgan fingerprint density at radius 3 is 2.59 bits per heavy atom. The standard InChI is InChI=1S/C25H27NO5S/c1-5-31-25(28)22-14(2)26-17-11-16(15-8-9-19(29-3)20(13-15)30-4)12-18(27)23(17)24(22)21-7-6-10-32-21/h6-10,13,16,22,24H,5,11-12H2,1-4H3. The predicted octanol–water partition coefficient (Wildman–Crippen LogP) is 4.90. The van der Waals surface area contributed by atoms with Crippen LogP contribution >= 0.6 is 11.3 Å². The van der Waals surface area contributed by atoms with Crippen LogP contribution < -0.4 is 9.47 Å². The molecule has 2 heterocycles. The quantitative estimate of drug-likeness (QED) is 0.582. The van der Waals surface area contributed by atoms with Crippen LogP contribution in [0.4, 0.5) is 0 Å². The molecule has 0 saturated carbocycles. The molecule has 32 heavy (non-hydrogen) atoms. The number of allylic oxidation sites excluding steroid dienone is 2. The SMILES string of the molecule is CCOC(=O)C1C(C)=NC2=C(C(=O)CC(c3ccc(OC)c(OC)c3)C2)C1c1cccs1. The number of rotatable bonds is 6. The summed E-state index contributed by atoms with van der Waals surface area (Å²) in [5, 5.41) is 1.97. The molecule has 7 heteroatoms. The average molecular weight is 454 g/mol. The number of Topliss-reactive ketones (excluding diaryl/α,β-unsaturated/α-hetero) is 1. The molecule has 0 amide bonds. The lowest BCUT2D eigenvalue weighted by atomic mass is 9.71. The maximum atomic E-state index is 13.5. The molecule has 3 atom stereocenters. The van der Waals surface area contributed by atoms with Crippen LogP contribution in [0, 0.1) is 5.92 Å². The third-order valence-electron chi connectivity index (χ3n) is 6.16. The lowest BCUT2D eigenvalue weighted by Gasteiger charge is -2.36. The number of ketones is 1. The van der Waals surface area contributed by atoms with Gasteiger partial charge in [0.05, 0.1) is 20.8 Å². The minimum atomic E-state index is -0.575. The van der Waals surface area contributed by atoms with E-state index in [0.29, 0.717) is 42.2 Å². The first-order chi connectivity index (χ1) is 15.5. The highest BCUT2D eigenvalue weighted by molar-refractivity contribution is 7.10. The molecule has 0 saturated heterocycles. The molecule has 4 rings (SSSR count). The van der Waals surface area contributed by atoms with E-state index in [4.69, 9.17) is 19.2 Å². The number of carbonyl (C=O) groups excluding carboxylic acids is 2. The van der Waals surface area contributed by atoms with Crippen molar-refractivity contribution < 1.29 is 23.8 Å². The molecule has 168 valence electrons. The largest absolute Gasteiger partial charge is 0.493 e. The Kier molecular flexibility index (Phi) is 6.46. The first kappa shape index (κ1) is 22.3. The van der Waals surface area contributed by atoms with Gasteiger partial charge in [0.2, 0.25) is 0 Å². The average Bonchev–Trinajstić information content (AvgIpc) is 3.32. The van der Waals surface area contributed by atoms with Gasteiger partial charge in [0, 0.05) is 34.2 Å². The van der Waals surface area contributed by atoms with E-state index < -0.39 is 5.92 Å². The van der Waals surface area contributed by atoms with Crippen LogP contribution in [-0.2, 0) is 14.3 Å². The molecule has 3 unspecified atom stereocenters. The summed E-state index contributed by atoms with van der Waals surface area (Å²) in [5.74, 6) is 0.0674. The fourth-order valence-corrected chi connectivity index (χ4v) is 5.59. The molecule has 2 aliphatic rings. The van der Waals surface area contributed by atoms with E-state index in [1.54, 1.807) is 32.5 Å². The van der Waals surface area contributed by atoms with Crippen molar-refractivity contribution in [2.45, 2.75) is 38.5 Å². The highest BCUT2D eigenvalue weighted by atomic mass is 32.1. The van der Waals surface area contributed by atoms with Crippen molar-refractivity contribution in [1.29, 1.82) is 0 Å². The van der Waals surface area contributed by atoms with Crippen LogP contribution in [-0.4, -0.2) is 38.3 Å². The van der Waals surface area contributed by atoms with Crippen LogP contribution in [0.5, 0.6) is 11.5 Å². The Morgan fingerprint density at radius 1 is 1.16 bits per heavy atom. The minimum absolute atomic E-state index is 0.0132. The third-order valence-corrected chi connectivity index (χ3v) is 7.11. The third kappa shape index (κ3) is 3.97. The summed E-state index contributed by atoms with van der Waals surface area (Å²) in [4.78, 5) is 32.1. The van der Waals surface area contributed by atoms with Gasteiger partial charge in [-0.05, 0) is 55.3 Å². The first-order valence-corrected chi connectivity index (χ1v) is 11.6. The molecule has 0 fully saturated rings. The highest BCUT2D eigenvalue weighted by Crippen LogP contribution is 2.48. The second-order valence-corrected chi connectivity index (χ2v) is 8.96. The number of aliphatic imine (C=N–C) groups is 1. The Bertz CT molecular complexity index is 1090. The number of benzene rings is 1. The van der Waals surface area contributed by atoms with Gasteiger partial charge >= 0.3 is 5.97 Å². The van der Waals surface area contributed by atoms with Crippen LogP contribution in [0.3, 0.4) is 0 Å². The number of nitrogens with zero attached hydrogens (tertiary/aromatic N) is 1. The minimum Gasteiger partial charge on any atom is -0.493 e. The Balaban J connectivity index is 1.74. The molecule has 1 aliphatic heterocycles. The fourth-order valence-electron chi connectivity index (χ4n) is 4.72. The summed E-state index contributed by atoms with van der Waals surface area (Å²) >= 11 is 1.56. The number of thiophene rings is 1. The van der Waals surface area contributed by atoms with E-state index in [-0.39, 0.29) is 23.6 Å². The number of ether oxygens (including phenoxy) is 3. The van der Waals surface area contributed by atoms with Crippen molar-refractivity contribution in [2.24, 2.45) is 10.9 Å². The van der Waals surface area contributed by atoms with Gasteiger partial charge < -0.3 is 14.2 Å². The lowest BCUT2D eigenvalue weighted by Crippen LogP contribution is -2.37. The van der Waals surface area contributed by atoms with E-state index in [2.05, 4.69) is 0 Å². The van der Waals surface area contributed by atoms with Gasteiger partial charge in [-0.1, -0.05) is 12.1 Å². The van der Waals surface area contributed by atoms with Crippen molar-refractivity contribution in [3.8, 4) is 11.5 Å². The van der Waals surface area contributed by atoms with E-state index in [1.165, 1.54) is 0 Å². The Hall–Kier alpha value is -2.93. The molecule has 0 bridgehead atoms. The first-order valence-electron chi connectivity index (χ1n) is 10.7. The van der Waals surface area contributed by atoms with Gasteiger partial charge in [-0.2, -0.15) is 0 Å². The molecule has 2 aromatic rings. The molecule has 0 radical (unpaired) electrons. The molecule has 1 aromatic carbocycles. The van der Waals surface area contributed by atoms with Crippen LogP contribution in [0.25, 0.3) is 0 Å². The molecule has 1 aliphatic carbocycles. The van der Waals surface area contributed by atoms with Gasteiger partial charge in [0.25, 0.3) is 0 Å². The maximum absolute atomic E-state index is 13.5. The summed E-state index contributed by atoms with van der Waals surface area (Å²) in [5.41, 5.74) is 3.14. The molecule has 6 nitrogen and oxygen atoms in total. The van der Waals surface area contributed by atoms with Gasteiger partial charge in [0.15, 0.2) is 17.3 Å². The van der Waals surface area contributed by atoms with E-state index in [1.807, 2.05) is 42.6 Å². The van der Waals surface area contributed by atoms with Gasteiger partial charge in [-0.25, -0.2) is 0 Å². The van der Waals surface area contributed by atoms with Gasteiger partial charge in [-0.3, -0.25) is 14.6 Å². The molecular formula is C25H27NO5S. The van der Waals surface area contributed by atoms with Crippen LogP contribution in [0.1, 0.15) is 49.0 Å². The van der Waals surface area contributed by atoms with Crippen LogP contribution in [0.15, 0.2) is 52.0 Å². The number of methoxy groups -OCH3 is 2. The summed E-state index contributed by atoms with van der Waals surface area (Å²) in [7, 11) is 3.20. The van der Waals surface area contributed by atoms with Crippen molar-refractivity contribution in [2.75, 3.05) is 20.8 Å². The van der Waals surface area contributed by atoms with E-state index in [0.717, 1.165) is 16.1 Å². The Labute approximate surface area is 191 Å². The van der Waals surface area contributed by atoms with Crippen molar-refractivity contribution in [1.82, 2.24) is 0 Å². The summed E-state index contributed by atoms with van der Waals surface area (Å²) in [6.07, 6.45) is 0.992. The zero-order chi connectivity index (χ0) is 22.8. The van der Waals surface area contributed by atoms with E-state index in [9.17, 15) is 9.59 Å². The smallest absolute Gasteiger partial charge is 0.315 e. The summed E-state index contributed by atoms with van der Waals surface area (Å²) in [6.45, 7) is 3.94. The second kappa shape index (κ2) is 9.28. The fraction of sp³-hybridized carbons (Fsp3) is 0.400. The number of esters is 1. The van der Waals surface area contributed by atoms with Crippen molar-refractivity contribution in [3.05, 3.63) is 57.4 Å². The number of hydrogen-bond acceptors (Lipinski definition) is 7. The summed E-state index contributed by atoms with van der Waals surface area (Å²) in [6, 6.07) is 9.70. The number of hydrogen-bond donors (Lipinski definition) is 0. The monoisotopic (exact) mass is 453 g/mol. The van der Waals surface area contributed by atoms with Gasteiger partial charge in [0.1, 0.15) is 5.92 Å². The Morgan fingerprint density at radius 2 is 1.94 bits per heavy atom. The number of carbonyl (C=O) groups is 2. The molecule has 0 spiro atoms. The maximum Gasteiger partial charge on any atom is 0.315 e. The van der Waals surface area contributed by atoms with E-state index >= 15 is 0 Å². The predicted molar refractivity (Wildman–Crippen MR) is 124 cm³/mol. The lowest BCUT2D eigenvalue weighted by molar-refractivity contribution is -0.146. The summed E-state index contributed by atoms with van der Waals surface area (Å²) < 4.78 is 16.1. The normalized spacial score (nSPS) is 22.8. The highest BCUT2D eigenvalue weighted by Gasteiger charge is 2.45. The van der Waals surface area contributed by atoms with Crippen molar-refractivity contribution in [3.63, 3.8) is 0 Å². The zero-order valence-electron chi connectivity index (χ0n) is 18.7. The van der Waals surface area contributed by atoms with Gasteiger partial charge in [-0.15, -0.1) is 11.3 Å². The molecule has 1 aromatic heterocycles. The molecule has 0 N–H and O–H groups in total. The zero-order valence-corrected chi connectivity index (χ0v) is 19.5. The molecular weight excluding hydrogens is 426 g/mol.